The fourth-order valence-electron chi connectivity index (χ4n) is 3.11. The van der Waals surface area contributed by atoms with Crippen LogP contribution in [0.1, 0.15) is 46.3 Å². The zero-order valence-electron chi connectivity index (χ0n) is 13.7. The first kappa shape index (κ1) is 15.9. The van der Waals surface area contributed by atoms with Crippen molar-refractivity contribution in [3.8, 4) is 6.07 Å². The van der Waals surface area contributed by atoms with Gasteiger partial charge in [-0.1, -0.05) is 0 Å². The van der Waals surface area contributed by atoms with E-state index in [4.69, 9.17) is 5.73 Å². The zero-order valence-corrected chi connectivity index (χ0v) is 13.7. The molecule has 0 aliphatic carbocycles. The average molecular weight is 325 g/mol. The second-order valence-corrected chi connectivity index (χ2v) is 6.05. The van der Waals surface area contributed by atoms with Crippen LogP contribution in [0.4, 0.5) is 5.82 Å². The largest absolute Gasteiger partial charge is 0.363 e. The molecular weight excluding hydrogens is 306 g/mol. The van der Waals surface area contributed by atoms with E-state index in [2.05, 4.69) is 26.0 Å². The van der Waals surface area contributed by atoms with E-state index in [0.29, 0.717) is 12.1 Å². The number of carbonyl (C=O) groups is 1. The van der Waals surface area contributed by atoms with Crippen molar-refractivity contribution in [1.29, 1.82) is 5.26 Å². The number of nitriles is 1. The monoisotopic (exact) mass is 325 g/mol. The van der Waals surface area contributed by atoms with Crippen LogP contribution < -0.4 is 10.6 Å². The normalized spacial score (nSPS) is 17.5. The number of carbonyl (C=O) groups excluding carboxylic acids is 1. The molecule has 8 nitrogen and oxygen atoms in total. The first-order valence-corrected chi connectivity index (χ1v) is 7.84. The van der Waals surface area contributed by atoms with Crippen LogP contribution in [0.15, 0.2) is 12.4 Å². The summed E-state index contributed by atoms with van der Waals surface area (Å²) in [6.07, 6.45) is 3.40. The zero-order chi connectivity index (χ0) is 17.3. The van der Waals surface area contributed by atoms with Crippen molar-refractivity contribution in [3.05, 3.63) is 35.0 Å². The van der Waals surface area contributed by atoms with Crippen LogP contribution in [-0.4, -0.2) is 38.7 Å². The Morgan fingerprint density at radius 3 is 2.92 bits per heavy atom. The average Bonchev–Trinajstić information content (AvgIpc) is 3.04. The summed E-state index contributed by atoms with van der Waals surface area (Å²) in [5.41, 5.74) is 7.64. The van der Waals surface area contributed by atoms with Crippen LogP contribution in [0.25, 0.3) is 0 Å². The number of pyridine rings is 1. The summed E-state index contributed by atoms with van der Waals surface area (Å²) in [6.45, 7) is 5.34. The topological polar surface area (TPSA) is 114 Å². The molecule has 1 amide bonds. The number of anilines is 1. The molecule has 24 heavy (non-hydrogen) atoms. The lowest BCUT2D eigenvalue weighted by atomic mass is 10.0. The molecule has 1 aliphatic rings. The number of nitrogens with two attached hydrogens (primary N) is 1. The number of piperidine rings is 1. The van der Waals surface area contributed by atoms with Gasteiger partial charge in [-0.3, -0.25) is 4.79 Å². The number of primary amides is 1. The van der Waals surface area contributed by atoms with Crippen LogP contribution in [-0.2, 0) is 0 Å². The smallest absolute Gasteiger partial charge is 0.288 e. The molecule has 2 aromatic rings. The number of hydrogen-bond donors (Lipinski definition) is 1. The molecule has 2 aromatic heterocycles. The molecule has 0 radical (unpaired) electrons. The van der Waals surface area contributed by atoms with Crippen molar-refractivity contribution < 1.29 is 4.79 Å². The van der Waals surface area contributed by atoms with Gasteiger partial charge in [0.1, 0.15) is 18.2 Å². The Bertz CT molecular complexity index is 820. The van der Waals surface area contributed by atoms with E-state index in [9.17, 15) is 10.1 Å². The minimum absolute atomic E-state index is 0.0226. The maximum atomic E-state index is 11.2. The van der Waals surface area contributed by atoms with Crippen LogP contribution >= 0.6 is 0 Å². The fraction of sp³-hybridized carbons (Fsp3) is 0.438. The number of rotatable bonds is 3. The lowest BCUT2D eigenvalue weighted by molar-refractivity contribution is 0.0990. The van der Waals surface area contributed by atoms with E-state index in [1.807, 2.05) is 19.9 Å². The maximum Gasteiger partial charge on any atom is 0.288 e. The molecule has 1 fully saturated rings. The van der Waals surface area contributed by atoms with Crippen LogP contribution in [0.3, 0.4) is 0 Å². The Balaban J connectivity index is 1.88. The first-order chi connectivity index (χ1) is 11.5. The summed E-state index contributed by atoms with van der Waals surface area (Å²) in [6, 6.07) is 4.24. The third-order valence-electron chi connectivity index (χ3n) is 4.24. The molecule has 3 heterocycles. The van der Waals surface area contributed by atoms with E-state index in [1.165, 1.54) is 6.33 Å². The molecule has 1 atom stereocenters. The lowest BCUT2D eigenvalue weighted by Crippen LogP contribution is -2.38. The fourth-order valence-corrected chi connectivity index (χ4v) is 3.11. The summed E-state index contributed by atoms with van der Waals surface area (Å²) in [7, 11) is 0. The standard InChI is InChI=1S/C16H19N7O/c1-10-6-11(2)20-16(13(10)7-17)22-5-3-4-12(8-22)23-9-19-15(21-23)14(18)24/h6,9,12H,3-5,8H2,1-2H3,(H2,18,24)/t12-/m0/s1. The van der Waals surface area contributed by atoms with Crippen molar-refractivity contribution in [1.82, 2.24) is 19.7 Å². The third kappa shape index (κ3) is 2.93. The Kier molecular flexibility index (Phi) is 4.16. The second kappa shape index (κ2) is 6.28. The van der Waals surface area contributed by atoms with Gasteiger partial charge in [0.25, 0.3) is 5.91 Å². The number of aromatic nitrogens is 4. The number of nitrogens with zero attached hydrogens (tertiary/aromatic N) is 6. The van der Waals surface area contributed by atoms with Gasteiger partial charge in [0, 0.05) is 18.8 Å². The molecule has 0 saturated carbocycles. The molecule has 3 rings (SSSR count). The van der Waals surface area contributed by atoms with E-state index in [0.717, 1.165) is 36.5 Å². The van der Waals surface area contributed by atoms with Gasteiger partial charge in [0.15, 0.2) is 0 Å². The Labute approximate surface area is 139 Å². The molecule has 1 aliphatic heterocycles. The third-order valence-corrected chi connectivity index (χ3v) is 4.24. The molecule has 8 heteroatoms. The van der Waals surface area contributed by atoms with E-state index >= 15 is 0 Å². The highest BCUT2D eigenvalue weighted by molar-refractivity contribution is 5.88. The summed E-state index contributed by atoms with van der Waals surface area (Å²) < 4.78 is 1.68. The summed E-state index contributed by atoms with van der Waals surface area (Å²) in [4.78, 5) is 21.8. The highest BCUT2D eigenvalue weighted by Gasteiger charge is 2.26. The SMILES string of the molecule is Cc1cc(C)c(C#N)c(N2CCC[C@H](n3cnc(C(N)=O)n3)C2)n1. The Morgan fingerprint density at radius 1 is 1.46 bits per heavy atom. The van der Waals surface area contributed by atoms with Crippen molar-refractivity contribution in [2.24, 2.45) is 5.73 Å². The molecule has 124 valence electrons. The predicted octanol–water partition coefficient (Wildman–Crippen LogP) is 1.10. The van der Waals surface area contributed by atoms with Gasteiger partial charge in [-0.2, -0.15) is 5.26 Å². The predicted molar refractivity (Wildman–Crippen MR) is 87.4 cm³/mol. The van der Waals surface area contributed by atoms with Gasteiger partial charge >= 0.3 is 0 Å². The highest BCUT2D eigenvalue weighted by atomic mass is 16.1. The summed E-state index contributed by atoms with van der Waals surface area (Å²) in [5, 5.41) is 13.6. The van der Waals surface area contributed by atoms with Gasteiger partial charge in [0.2, 0.25) is 5.82 Å². The Morgan fingerprint density at radius 2 is 2.25 bits per heavy atom. The van der Waals surface area contributed by atoms with Crippen molar-refractivity contribution in [2.45, 2.75) is 32.7 Å². The van der Waals surface area contributed by atoms with Crippen molar-refractivity contribution in [3.63, 3.8) is 0 Å². The molecule has 0 spiro atoms. The van der Waals surface area contributed by atoms with Gasteiger partial charge in [-0.15, -0.1) is 5.10 Å². The quantitative estimate of drug-likeness (QED) is 0.904. The molecular formula is C16H19N7O. The van der Waals surface area contributed by atoms with Crippen molar-refractivity contribution >= 4 is 11.7 Å². The highest BCUT2D eigenvalue weighted by Crippen LogP contribution is 2.28. The van der Waals surface area contributed by atoms with Gasteiger partial charge in [-0.05, 0) is 38.3 Å². The number of aryl methyl sites for hydroxylation is 2. The summed E-state index contributed by atoms with van der Waals surface area (Å²) in [5.74, 6) is 0.105. The van der Waals surface area contributed by atoms with Crippen LogP contribution in [0, 0.1) is 25.2 Å². The van der Waals surface area contributed by atoms with Crippen LogP contribution in [0.5, 0.6) is 0 Å². The van der Waals surface area contributed by atoms with Crippen LogP contribution in [0.2, 0.25) is 0 Å². The maximum absolute atomic E-state index is 11.2. The minimum Gasteiger partial charge on any atom is -0.363 e. The lowest BCUT2D eigenvalue weighted by Gasteiger charge is -2.34. The summed E-state index contributed by atoms with van der Waals surface area (Å²) >= 11 is 0. The second-order valence-electron chi connectivity index (χ2n) is 6.05. The molecule has 2 N–H and O–H groups in total. The Hall–Kier alpha value is -2.95. The molecule has 0 bridgehead atoms. The van der Waals surface area contributed by atoms with E-state index in [-0.39, 0.29) is 11.9 Å². The van der Waals surface area contributed by atoms with E-state index < -0.39 is 5.91 Å². The number of hydrogen-bond acceptors (Lipinski definition) is 6. The molecule has 0 aromatic carbocycles. The van der Waals surface area contributed by atoms with Gasteiger partial charge < -0.3 is 10.6 Å². The molecule has 1 saturated heterocycles. The van der Waals surface area contributed by atoms with Gasteiger partial charge in [0.05, 0.1) is 11.6 Å². The minimum atomic E-state index is -0.635. The van der Waals surface area contributed by atoms with Crippen molar-refractivity contribution in [2.75, 3.05) is 18.0 Å². The number of amides is 1. The first-order valence-electron chi connectivity index (χ1n) is 7.84. The van der Waals surface area contributed by atoms with Gasteiger partial charge in [-0.25, -0.2) is 14.6 Å². The molecule has 0 unspecified atom stereocenters. The van der Waals surface area contributed by atoms with E-state index in [1.54, 1.807) is 4.68 Å².